The molecule has 1 aromatic carbocycles. The van der Waals surface area contributed by atoms with E-state index in [9.17, 15) is 18.0 Å². The van der Waals surface area contributed by atoms with Crippen molar-refractivity contribution in [1.82, 2.24) is 15.2 Å². The lowest BCUT2D eigenvalue weighted by Crippen LogP contribution is -2.37. The SMILES string of the molecule is COc1ccccc1[C@@H](CNC(=O)c1ccc(OCC(F)(F)F)nc1)N1CCCC1. The number of nitrogens with one attached hydrogen (secondary N) is 1. The third-order valence-electron chi connectivity index (χ3n) is 4.92. The Morgan fingerprint density at radius 2 is 1.93 bits per heavy atom. The van der Waals surface area contributed by atoms with E-state index >= 15 is 0 Å². The number of pyridine rings is 1. The van der Waals surface area contributed by atoms with Gasteiger partial charge in [-0.3, -0.25) is 9.69 Å². The quantitative estimate of drug-likeness (QED) is 0.703. The summed E-state index contributed by atoms with van der Waals surface area (Å²) in [6.45, 7) is 0.810. The molecule has 6 nitrogen and oxygen atoms in total. The van der Waals surface area contributed by atoms with Crippen LogP contribution in [0.15, 0.2) is 42.6 Å². The average Bonchev–Trinajstić information content (AvgIpc) is 3.27. The second-order valence-electron chi connectivity index (χ2n) is 7.00. The number of carbonyl (C=O) groups is 1. The number of carbonyl (C=O) groups excluding carboxylic acids is 1. The molecule has 1 aliphatic rings. The molecule has 0 saturated carbocycles. The minimum Gasteiger partial charge on any atom is -0.496 e. The minimum absolute atomic E-state index is 0.0463. The third-order valence-corrected chi connectivity index (χ3v) is 4.92. The van der Waals surface area contributed by atoms with Gasteiger partial charge >= 0.3 is 6.18 Å². The van der Waals surface area contributed by atoms with Crippen molar-refractivity contribution in [3.8, 4) is 11.6 Å². The fourth-order valence-electron chi connectivity index (χ4n) is 3.48. The molecule has 9 heteroatoms. The second kappa shape index (κ2) is 9.80. The number of hydrogen-bond donors (Lipinski definition) is 1. The molecule has 1 aromatic heterocycles. The van der Waals surface area contributed by atoms with E-state index in [4.69, 9.17) is 4.74 Å². The molecule has 0 bridgehead atoms. The third kappa shape index (κ3) is 5.85. The molecule has 1 saturated heterocycles. The van der Waals surface area contributed by atoms with Gasteiger partial charge in [0.25, 0.3) is 5.91 Å². The van der Waals surface area contributed by atoms with Crippen molar-refractivity contribution in [3.63, 3.8) is 0 Å². The molecule has 2 aromatic rings. The number of halogens is 3. The summed E-state index contributed by atoms with van der Waals surface area (Å²) in [6, 6.07) is 10.3. The van der Waals surface area contributed by atoms with Gasteiger partial charge in [0.15, 0.2) is 6.61 Å². The number of ether oxygens (including phenoxy) is 2. The van der Waals surface area contributed by atoms with Gasteiger partial charge in [-0.1, -0.05) is 18.2 Å². The Balaban J connectivity index is 1.65. The van der Waals surface area contributed by atoms with Gasteiger partial charge in [0, 0.05) is 24.4 Å². The zero-order valence-corrected chi connectivity index (χ0v) is 16.6. The number of aromatic nitrogens is 1. The van der Waals surface area contributed by atoms with Gasteiger partial charge in [-0.15, -0.1) is 0 Å². The van der Waals surface area contributed by atoms with E-state index < -0.39 is 12.8 Å². The van der Waals surface area contributed by atoms with E-state index in [2.05, 4.69) is 19.9 Å². The van der Waals surface area contributed by atoms with Crippen LogP contribution in [0.5, 0.6) is 11.6 Å². The van der Waals surface area contributed by atoms with Gasteiger partial charge in [-0.25, -0.2) is 4.98 Å². The van der Waals surface area contributed by atoms with Gasteiger partial charge in [0.1, 0.15) is 5.75 Å². The fourth-order valence-corrected chi connectivity index (χ4v) is 3.48. The Labute approximate surface area is 173 Å². The summed E-state index contributed by atoms with van der Waals surface area (Å²) in [5, 5.41) is 2.90. The lowest BCUT2D eigenvalue weighted by molar-refractivity contribution is -0.154. The standard InChI is InChI=1S/C21H24F3N3O3/c1-29-18-7-3-2-6-16(18)17(27-10-4-5-11-27)13-26-20(28)15-8-9-19(25-12-15)30-14-21(22,23)24/h2-3,6-9,12,17H,4-5,10-11,13-14H2,1H3,(H,26,28)/t17-/m1/s1. The molecular formula is C21H24F3N3O3. The smallest absolute Gasteiger partial charge is 0.422 e. The van der Waals surface area contributed by atoms with E-state index in [0.717, 1.165) is 37.2 Å². The molecule has 0 spiro atoms. The molecule has 1 N–H and O–H groups in total. The van der Waals surface area contributed by atoms with Gasteiger partial charge in [-0.2, -0.15) is 13.2 Å². The van der Waals surface area contributed by atoms with Crippen LogP contribution in [0.3, 0.4) is 0 Å². The van der Waals surface area contributed by atoms with Gasteiger partial charge in [0.2, 0.25) is 5.88 Å². The number of para-hydroxylation sites is 1. The van der Waals surface area contributed by atoms with Crippen LogP contribution >= 0.6 is 0 Å². The summed E-state index contributed by atoms with van der Waals surface area (Å²) in [7, 11) is 1.62. The van der Waals surface area contributed by atoms with Crippen molar-refractivity contribution in [1.29, 1.82) is 0 Å². The number of nitrogens with zero attached hydrogens (tertiary/aromatic N) is 2. The number of alkyl halides is 3. The zero-order valence-electron chi connectivity index (χ0n) is 16.6. The zero-order chi connectivity index (χ0) is 21.6. The Hall–Kier alpha value is -2.81. The Kier molecular flexibility index (Phi) is 7.15. The number of methoxy groups -OCH3 is 1. The number of benzene rings is 1. The van der Waals surface area contributed by atoms with Crippen molar-refractivity contribution >= 4 is 5.91 Å². The first-order chi connectivity index (χ1) is 14.4. The highest BCUT2D eigenvalue weighted by Gasteiger charge is 2.29. The maximum Gasteiger partial charge on any atom is 0.422 e. The number of rotatable bonds is 8. The van der Waals surface area contributed by atoms with Gasteiger partial charge in [-0.05, 0) is 38.1 Å². The first-order valence-corrected chi connectivity index (χ1v) is 9.68. The van der Waals surface area contributed by atoms with Crippen LogP contribution in [0.1, 0.15) is 34.8 Å². The molecule has 0 unspecified atom stereocenters. The predicted octanol–water partition coefficient (Wildman–Crippen LogP) is 3.60. The maximum atomic E-state index is 12.6. The lowest BCUT2D eigenvalue weighted by Gasteiger charge is -2.29. The van der Waals surface area contributed by atoms with Crippen LogP contribution in [0.4, 0.5) is 13.2 Å². The molecule has 1 aliphatic heterocycles. The number of hydrogen-bond acceptors (Lipinski definition) is 5. The normalized spacial score (nSPS) is 15.6. The lowest BCUT2D eigenvalue weighted by atomic mass is 10.0. The van der Waals surface area contributed by atoms with E-state index in [-0.39, 0.29) is 23.4 Å². The van der Waals surface area contributed by atoms with Crippen LogP contribution in [0, 0.1) is 0 Å². The molecule has 3 rings (SSSR count). The van der Waals surface area contributed by atoms with E-state index in [1.807, 2.05) is 24.3 Å². The van der Waals surface area contributed by atoms with Crippen molar-refractivity contribution in [2.75, 3.05) is 33.4 Å². The molecule has 0 aliphatic carbocycles. The van der Waals surface area contributed by atoms with Crippen molar-refractivity contribution in [2.45, 2.75) is 25.1 Å². The van der Waals surface area contributed by atoms with Crippen molar-refractivity contribution < 1.29 is 27.4 Å². The highest BCUT2D eigenvalue weighted by atomic mass is 19.4. The summed E-state index contributed by atoms with van der Waals surface area (Å²) >= 11 is 0. The Morgan fingerprint density at radius 3 is 2.57 bits per heavy atom. The van der Waals surface area contributed by atoms with Crippen LogP contribution < -0.4 is 14.8 Å². The Morgan fingerprint density at radius 1 is 1.20 bits per heavy atom. The fraction of sp³-hybridized carbons (Fsp3) is 0.429. The molecule has 2 heterocycles. The largest absolute Gasteiger partial charge is 0.496 e. The van der Waals surface area contributed by atoms with Crippen molar-refractivity contribution in [2.24, 2.45) is 0 Å². The summed E-state index contributed by atoms with van der Waals surface area (Å²) in [5.74, 6) is 0.216. The molecule has 162 valence electrons. The summed E-state index contributed by atoms with van der Waals surface area (Å²) in [5.41, 5.74) is 1.24. The van der Waals surface area contributed by atoms with E-state index in [1.165, 1.54) is 18.3 Å². The van der Waals surface area contributed by atoms with Crippen molar-refractivity contribution in [3.05, 3.63) is 53.7 Å². The van der Waals surface area contributed by atoms with Crippen LogP contribution in [0.2, 0.25) is 0 Å². The number of amides is 1. The molecular weight excluding hydrogens is 399 g/mol. The highest BCUT2D eigenvalue weighted by Crippen LogP contribution is 2.31. The summed E-state index contributed by atoms with van der Waals surface area (Å²) in [6.07, 6.45) is -1.04. The van der Waals surface area contributed by atoms with E-state index in [0.29, 0.717) is 6.54 Å². The first kappa shape index (κ1) is 21.9. The van der Waals surface area contributed by atoms with Gasteiger partial charge < -0.3 is 14.8 Å². The average molecular weight is 423 g/mol. The molecule has 1 amide bonds. The first-order valence-electron chi connectivity index (χ1n) is 9.68. The summed E-state index contributed by atoms with van der Waals surface area (Å²) < 4.78 is 46.7. The van der Waals surface area contributed by atoms with Crippen LogP contribution in [0.25, 0.3) is 0 Å². The molecule has 1 fully saturated rings. The van der Waals surface area contributed by atoms with E-state index in [1.54, 1.807) is 7.11 Å². The number of likely N-dealkylation sites (tertiary alicyclic amines) is 1. The summed E-state index contributed by atoms with van der Waals surface area (Å²) in [4.78, 5) is 18.6. The van der Waals surface area contributed by atoms with Gasteiger partial charge in [0.05, 0.1) is 18.7 Å². The molecule has 30 heavy (non-hydrogen) atoms. The minimum atomic E-state index is -4.44. The topological polar surface area (TPSA) is 63.7 Å². The Bertz CT molecular complexity index is 837. The molecule has 1 atom stereocenters. The monoisotopic (exact) mass is 423 g/mol. The van der Waals surface area contributed by atoms with Crippen LogP contribution in [-0.2, 0) is 0 Å². The second-order valence-corrected chi connectivity index (χ2v) is 7.00. The molecule has 0 radical (unpaired) electrons. The predicted molar refractivity (Wildman–Crippen MR) is 105 cm³/mol. The van der Waals surface area contributed by atoms with Crippen LogP contribution in [-0.4, -0.2) is 55.3 Å². The highest BCUT2D eigenvalue weighted by molar-refractivity contribution is 5.93. The maximum absolute atomic E-state index is 12.6.